The molecule has 5 nitrogen and oxygen atoms in total. The van der Waals surface area contributed by atoms with Crippen LogP contribution in [-0.2, 0) is 4.79 Å². The smallest absolute Gasteiger partial charge is 0.219 e. The fourth-order valence-corrected chi connectivity index (χ4v) is 1.21. The summed E-state index contributed by atoms with van der Waals surface area (Å²) in [6.45, 7) is 3.02. The monoisotopic (exact) mass is 222 g/mol. The van der Waals surface area contributed by atoms with Crippen LogP contribution in [0.1, 0.15) is 6.92 Å². The minimum absolute atomic E-state index is 0.0730. The Hall–Kier alpha value is -1.78. The molecule has 0 aromatic carbocycles. The topological polar surface area (TPSA) is 62.5 Å². The molecule has 0 unspecified atom stereocenters. The second-order valence-corrected chi connectivity index (χ2v) is 3.80. The van der Waals surface area contributed by atoms with Gasteiger partial charge in [0.1, 0.15) is 5.82 Å². The molecule has 1 aromatic heterocycles. The minimum atomic E-state index is 0.0730. The third kappa shape index (κ3) is 3.42. The van der Waals surface area contributed by atoms with Crippen molar-refractivity contribution in [2.45, 2.75) is 6.92 Å². The Kier molecular flexibility index (Phi) is 4.10. The van der Waals surface area contributed by atoms with Crippen LogP contribution in [0, 0.1) is 0 Å². The van der Waals surface area contributed by atoms with Gasteiger partial charge in [0.25, 0.3) is 0 Å². The van der Waals surface area contributed by atoms with Crippen LogP contribution < -0.4 is 10.6 Å². The van der Waals surface area contributed by atoms with Crippen molar-refractivity contribution < 1.29 is 4.79 Å². The van der Waals surface area contributed by atoms with Crippen LogP contribution in [0.25, 0.3) is 0 Å². The molecule has 2 N–H and O–H groups in total. The van der Waals surface area contributed by atoms with Crippen LogP contribution in [0.5, 0.6) is 0 Å². The molecule has 0 radical (unpaired) electrons. The van der Waals surface area contributed by atoms with E-state index >= 15 is 0 Å². The lowest BCUT2D eigenvalue weighted by molar-refractivity contribution is -0.127. The predicted octanol–water partition coefficient (Wildman–Crippen LogP) is 0.578. The number of carbonyl (C=O) groups excluding carboxylic acids is 1. The number of hydrogen-bond donors (Lipinski definition) is 1. The maximum atomic E-state index is 11.0. The predicted molar refractivity (Wildman–Crippen MR) is 65.2 cm³/mol. The number of nitrogens with zero attached hydrogens (tertiary/aromatic N) is 3. The first-order chi connectivity index (χ1) is 7.50. The number of aromatic nitrogens is 1. The van der Waals surface area contributed by atoms with Crippen LogP contribution in [0.2, 0.25) is 0 Å². The molecule has 5 heteroatoms. The van der Waals surface area contributed by atoms with Gasteiger partial charge in [-0.25, -0.2) is 4.98 Å². The second-order valence-electron chi connectivity index (χ2n) is 3.80. The maximum absolute atomic E-state index is 11.0. The third-order valence-electron chi connectivity index (χ3n) is 2.52. The second kappa shape index (κ2) is 5.34. The van der Waals surface area contributed by atoms with Crippen molar-refractivity contribution in [3.63, 3.8) is 0 Å². The molecule has 1 aromatic rings. The average molecular weight is 222 g/mol. The van der Waals surface area contributed by atoms with Crippen molar-refractivity contribution in [1.82, 2.24) is 9.88 Å². The van der Waals surface area contributed by atoms with E-state index in [1.165, 1.54) is 0 Å². The molecule has 0 saturated carbocycles. The highest BCUT2D eigenvalue weighted by Crippen LogP contribution is 2.11. The Morgan fingerprint density at radius 3 is 2.56 bits per heavy atom. The maximum Gasteiger partial charge on any atom is 0.219 e. The summed E-state index contributed by atoms with van der Waals surface area (Å²) >= 11 is 0. The number of nitrogens with two attached hydrogens (primary N) is 1. The molecule has 0 spiro atoms. The highest BCUT2D eigenvalue weighted by Gasteiger charge is 2.05. The van der Waals surface area contributed by atoms with Crippen LogP contribution >= 0.6 is 0 Å². The van der Waals surface area contributed by atoms with Crippen molar-refractivity contribution in [3.05, 3.63) is 18.3 Å². The SMILES string of the molecule is CC(=O)N(C)CCN(C)c1ccc(N)nc1. The molecule has 0 fully saturated rings. The van der Waals surface area contributed by atoms with Gasteiger partial charge in [0.15, 0.2) is 0 Å². The Balaban J connectivity index is 2.49. The zero-order valence-electron chi connectivity index (χ0n) is 9.97. The van der Waals surface area contributed by atoms with Crippen molar-refractivity contribution >= 4 is 17.4 Å². The van der Waals surface area contributed by atoms with Gasteiger partial charge in [-0.1, -0.05) is 0 Å². The third-order valence-corrected chi connectivity index (χ3v) is 2.52. The number of nitrogen functional groups attached to an aromatic ring is 1. The Morgan fingerprint density at radius 1 is 1.38 bits per heavy atom. The van der Waals surface area contributed by atoms with Gasteiger partial charge >= 0.3 is 0 Å². The number of pyridine rings is 1. The summed E-state index contributed by atoms with van der Waals surface area (Å²) in [4.78, 5) is 18.7. The standard InChI is InChI=1S/C11H18N4O/c1-9(16)14(2)6-7-15(3)10-4-5-11(12)13-8-10/h4-5,8H,6-7H2,1-3H3,(H2,12,13). The highest BCUT2D eigenvalue weighted by atomic mass is 16.2. The number of carbonyl (C=O) groups is 1. The lowest BCUT2D eigenvalue weighted by Crippen LogP contribution is -2.33. The zero-order valence-corrected chi connectivity index (χ0v) is 9.97. The number of likely N-dealkylation sites (N-methyl/N-ethyl adjacent to an activating group) is 2. The van der Waals surface area contributed by atoms with Gasteiger partial charge in [0, 0.05) is 34.1 Å². The average Bonchev–Trinajstić information content (AvgIpc) is 2.26. The van der Waals surface area contributed by atoms with Crippen LogP contribution in [0.3, 0.4) is 0 Å². The Bertz CT molecular complexity index is 350. The number of anilines is 2. The van der Waals surface area contributed by atoms with E-state index in [1.54, 1.807) is 31.1 Å². The first-order valence-electron chi connectivity index (χ1n) is 5.15. The molecule has 1 heterocycles. The van der Waals surface area contributed by atoms with E-state index in [0.717, 1.165) is 12.2 Å². The molecular weight excluding hydrogens is 204 g/mol. The van der Waals surface area contributed by atoms with Gasteiger partial charge in [-0.15, -0.1) is 0 Å². The van der Waals surface area contributed by atoms with E-state index < -0.39 is 0 Å². The minimum Gasteiger partial charge on any atom is -0.384 e. The van der Waals surface area contributed by atoms with Crippen molar-refractivity contribution in [2.24, 2.45) is 0 Å². The lowest BCUT2D eigenvalue weighted by Gasteiger charge is -2.22. The zero-order chi connectivity index (χ0) is 12.1. The molecule has 0 aliphatic rings. The molecule has 1 amide bonds. The van der Waals surface area contributed by atoms with Gasteiger partial charge in [-0.2, -0.15) is 0 Å². The molecule has 0 aliphatic carbocycles. The van der Waals surface area contributed by atoms with Crippen molar-refractivity contribution in [3.8, 4) is 0 Å². The van der Waals surface area contributed by atoms with Gasteiger partial charge in [0.2, 0.25) is 5.91 Å². The summed E-state index contributed by atoms with van der Waals surface area (Å²) in [7, 11) is 3.75. The van der Waals surface area contributed by atoms with Gasteiger partial charge in [-0.3, -0.25) is 4.79 Å². The van der Waals surface area contributed by atoms with Crippen LogP contribution in [0.15, 0.2) is 18.3 Å². The van der Waals surface area contributed by atoms with Crippen molar-refractivity contribution in [1.29, 1.82) is 0 Å². The highest BCUT2D eigenvalue weighted by molar-refractivity contribution is 5.72. The molecular formula is C11H18N4O. The number of rotatable bonds is 4. The molecule has 1 rings (SSSR count). The van der Waals surface area contributed by atoms with E-state index in [0.29, 0.717) is 12.4 Å². The lowest BCUT2D eigenvalue weighted by atomic mass is 10.3. The van der Waals surface area contributed by atoms with E-state index in [9.17, 15) is 4.79 Å². The summed E-state index contributed by atoms with van der Waals surface area (Å²) in [6.07, 6.45) is 1.73. The van der Waals surface area contributed by atoms with Gasteiger partial charge in [-0.05, 0) is 12.1 Å². The molecule has 0 atom stereocenters. The summed E-state index contributed by atoms with van der Waals surface area (Å²) in [5.74, 6) is 0.585. The molecule has 16 heavy (non-hydrogen) atoms. The molecule has 0 bridgehead atoms. The quantitative estimate of drug-likeness (QED) is 0.809. The molecule has 0 aliphatic heterocycles. The van der Waals surface area contributed by atoms with Crippen LogP contribution in [-0.4, -0.2) is 43.0 Å². The fraction of sp³-hybridized carbons (Fsp3) is 0.455. The van der Waals surface area contributed by atoms with E-state index in [2.05, 4.69) is 4.98 Å². The Morgan fingerprint density at radius 2 is 2.06 bits per heavy atom. The van der Waals surface area contributed by atoms with Gasteiger partial charge < -0.3 is 15.5 Å². The Labute approximate surface area is 95.9 Å². The normalized spacial score (nSPS) is 9.94. The first-order valence-corrected chi connectivity index (χ1v) is 5.15. The fourth-order valence-electron chi connectivity index (χ4n) is 1.21. The first kappa shape index (κ1) is 12.3. The summed E-state index contributed by atoms with van der Waals surface area (Å²) < 4.78 is 0. The largest absolute Gasteiger partial charge is 0.384 e. The van der Waals surface area contributed by atoms with Gasteiger partial charge in [0.05, 0.1) is 11.9 Å². The van der Waals surface area contributed by atoms with E-state index in [4.69, 9.17) is 5.73 Å². The number of hydrogen-bond acceptors (Lipinski definition) is 4. The molecule has 0 saturated heterocycles. The van der Waals surface area contributed by atoms with Crippen LogP contribution in [0.4, 0.5) is 11.5 Å². The van der Waals surface area contributed by atoms with E-state index in [1.807, 2.05) is 18.0 Å². The summed E-state index contributed by atoms with van der Waals surface area (Å²) in [6, 6.07) is 3.68. The van der Waals surface area contributed by atoms with E-state index in [-0.39, 0.29) is 5.91 Å². The molecule has 88 valence electrons. The van der Waals surface area contributed by atoms with Crippen molar-refractivity contribution in [2.75, 3.05) is 37.8 Å². The summed E-state index contributed by atoms with van der Waals surface area (Å²) in [5, 5.41) is 0. The summed E-state index contributed by atoms with van der Waals surface area (Å²) in [5.41, 5.74) is 6.50. The number of amides is 1.